The maximum atomic E-state index is 13.4. The summed E-state index contributed by atoms with van der Waals surface area (Å²) in [5.41, 5.74) is 2.93. The summed E-state index contributed by atoms with van der Waals surface area (Å²) in [5.74, 6) is -0.527. The van der Waals surface area contributed by atoms with Crippen LogP contribution in [-0.2, 0) is 20.9 Å². The topological polar surface area (TPSA) is 60.9 Å². The Kier molecular flexibility index (Phi) is 7.23. The van der Waals surface area contributed by atoms with Gasteiger partial charge in [-0.25, -0.2) is 4.90 Å². The Labute approximate surface area is 196 Å². The van der Waals surface area contributed by atoms with Gasteiger partial charge in [0.05, 0.1) is 12.1 Å². The zero-order valence-corrected chi connectivity index (χ0v) is 19.6. The normalized spacial score (nSPS) is 19.8. The molecular formula is C27H33N3O3. The predicted molar refractivity (Wildman–Crippen MR) is 129 cm³/mol. The van der Waals surface area contributed by atoms with Gasteiger partial charge in [-0.1, -0.05) is 55.0 Å². The number of carbonyl (C=O) groups is 3. The lowest BCUT2D eigenvalue weighted by molar-refractivity contribution is -0.142. The molecule has 2 fully saturated rings. The number of hydrogen-bond acceptors (Lipinski definition) is 4. The van der Waals surface area contributed by atoms with Gasteiger partial charge in [-0.05, 0) is 43.9 Å². The molecule has 0 aromatic heterocycles. The first-order valence-corrected chi connectivity index (χ1v) is 12.0. The minimum absolute atomic E-state index is 0.0177. The smallest absolute Gasteiger partial charge is 0.257 e. The highest BCUT2D eigenvalue weighted by Crippen LogP contribution is 2.30. The van der Waals surface area contributed by atoms with E-state index in [0.29, 0.717) is 12.1 Å². The van der Waals surface area contributed by atoms with Gasteiger partial charge in [0.15, 0.2) is 0 Å². The van der Waals surface area contributed by atoms with Crippen molar-refractivity contribution in [3.63, 3.8) is 0 Å². The fraction of sp³-hybridized carbons (Fsp3) is 0.444. The number of anilines is 1. The maximum Gasteiger partial charge on any atom is 0.257 e. The second-order valence-electron chi connectivity index (χ2n) is 9.17. The highest BCUT2D eigenvalue weighted by atomic mass is 16.2. The Morgan fingerprint density at radius 2 is 1.67 bits per heavy atom. The minimum Gasteiger partial charge on any atom is -0.327 e. The van der Waals surface area contributed by atoms with E-state index in [0.717, 1.165) is 44.5 Å². The van der Waals surface area contributed by atoms with Gasteiger partial charge in [-0.2, -0.15) is 0 Å². The van der Waals surface area contributed by atoms with Gasteiger partial charge in [-0.15, -0.1) is 0 Å². The Balaban J connectivity index is 1.48. The number of amides is 3. The Hall–Kier alpha value is -2.99. The number of carbonyl (C=O) groups excluding carboxylic acids is 3. The van der Waals surface area contributed by atoms with Crippen molar-refractivity contribution in [2.45, 2.75) is 64.6 Å². The van der Waals surface area contributed by atoms with Crippen LogP contribution in [0.15, 0.2) is 54.6 Å². The van der Waals surface area contributed by atoms with Crippen molar-refractivity contribution in [3.8, 4) is 0 Å². The summed E-state index contributed by atoms with van der Waals surface area (Å²) >= 11 is 0. The molecule has 0 saturated carbocycles. The molecule has 0 spiro atoms. The quantitative estimate of drug-likeness (QED) is 0.604. The summed E-state index contributed by atoms with van der Waals surface area (Å²) in [7, 11) is 0. The maximum absolute atomic E-state index is 13.4. The van der Waals surface area contributed by atoms with E-state index in [1.165, 1.54) is 10.5 Å². The first kappa shape index (κ1) is 23.2. The predicted octanol–water partition coefficient (Wildman–Crippen LogP) is 3.92. The first-order valence-electron chi connectivity index (χ1n) is 12.0. The number of rotatable bonds is 7. The Morgan fingerprint density at radius 3 is 2.30 bits per heavy atom. The fourth-order valence-electron chi connectivity index (χ4n) is 4.97. The van der Waals surface area contributed by atoms with Crippen LogP contribution in [0.1, 0.15) is 50.2 Å². The van der Waals surface area contributed by atoms with Crippen LogP contribution in [0.3, 0.4) is 0 Å². The minimum atomic E-state index is -0.705. The molecule has 174 valence electrons. The summed E-state index contributed by atoms with van der Waals surface area (Å²) in [5, 5.41) is 0. The molecule has 2 aromatic carbocycles. The number of aryl methyl sites for hydroxylation is 1. The van der Waals surface area contributed by atoms with E-state index in [1.807, 2.05) is 32.0 Å². The number of hydrogen-bond donors (Lipinski definition) is 0. The summed E-state index contributed by atoms with van der Waals surface area (Å²) in [4.78, 5) is 44.9. The van der Waals surface area contributed by atoms with Crippen LogP contribution in [0.4, 0.5) is 5.69 Å². The SMILES string of the molecule is CCCC(=O)N(C1CCN(Cc2ccccc2)CC1)C1CC(=O)N(c2ccc(C)cc2)C1=O. The van der Waals surface area contributed by atoms with Crippen molar-refractivity contribution in [1.29, 1.82) is 0 Å². The van der Waals surface area contributed by atoms with E-state index in [-0.39, 0.29) is 30.2 Å². The third-order valence-electron chi connectivity index (χ3n) is 6.70. The Bertz CT molecular complexity index is 981. The molecule has 33 heavy (non-hydrogen) atoms. The van der Waals surface area contributed by atoms with Crippen LogP contribution in [0.5, 0.6) is 0 Å². The van der Waals surface area contributed by atoms with Crippen molar-refractivity contribution in [2.24, 2.45) is 0 Å². The highest BCUT2D eigenvalue weighted by molar-refractivity contribution is 6.23. The van der Waals surface area contributed by atoms with Crippen LogP contribution in [0.25, 0.3) is 0 Å². The van der Waals surface area contributed by atoms with Crippen LogP contribution < -0.4 is 4.90 Å². The highest BCUT2D eigenvalue weighted by Gasteiger charge is 2.46. The fourth-order valence-corrected chi connectivity index (χ4v) is 4.97. The van der Waals surface area contributed by atoms with Gasteiger partial charge >= 0.3 is 0 Å². The van der Waals surface area contributed by atoms with Crippen LogP contribution >= 0.6 is 0 Å². The van der Waals surface area contributed by atoms with Crippen molar-refractivity contribution in [3.05, 3.63) is 65.7 Å². The molecule has 2 saturated heterocycles. The van der Waals surface area contributed by atoms with Crippen molar-refractivity contribution < 1.29 is 14.4 Å². The lowest BCUT2D eigenvalue weighted by Gasteiger charge is -2.40. The summed E-state index contributed by atoms with van der Waals surface area (Å²) in [6.07, 6.45) is 2.80. The molecule has 6 nitrogen and oxygen atoms in total. The lowest BCUT2D eigenvalue weighted by atomic mass is 9.99. The van der Waals surface area contributed by atoms with Gasteiger partial charge in [0.2, 0.25) is 11.8 Å². The first-order chi connectivity index (χ1) is 16.0. The molecule has 4 rings (SSSR count). The van der Waals surface area contributed by atoms with E-state index in [4.69, 9.17) is 0 Å². The van der Waals surface area contributed by atoms with Gasteiger partial charge in [0, 0.05) is 32.1 Å². The van der Waals surface area contributed by atoms with Crippen molar-refractivity contribution in [1.82, 2.24) is 9.80 Å². The molecule has 2 aromatic rings. The van der Waals surface area contributed by atoms with Gasteiger partial charge in [0.1, 0.15) is 6.04 Å². The molecule has 0 N–H and O–H groups in total. The lowest BCUT2D eigenvalue weighted by Crippen LogP contribution is -2.54. The van der Waals surface area contributed by atoms with Crippen LogP contribution in [0, 0.1) is 6.92 Å². The average Bonchev–Trinajstić information content (AvgIpc) is 3.10. The standard InChI is InChI=1S/C27H33N3O3/c1-3-7-25(31)29(23-14-16-28(17-15-23)19-21-8-5-4-6-9-21)24-18-26(32)30(27(24)33)22-12-10-20(2)11-13-22/h4-6,8-13,23-24H,3,7,14-19H2,1-2H3. The number of imide groups is 1. The largest absolute Gasteiger partial charge is 0.327 e. The third-order valence-corrected chi connectivity index (χ3v) is 6.70. The summed E-state index contributed by atoms with van der Waals surface area (Å²) < 4.78 is 0. The monoisotopic (exact) mass is 447 g/mol. The molecule has 2 aliphatic heterocycles. The molecular weight excluding hydrogens is 414 g/mol. The number of likely N-dealkylation sites (tertiary alicyclic amines) is 1. The second kappa shape index (κ2) is 10.3. The van der Waals surface area contributed by atoms with Crippen LogP contribution in [0.2, 0.25) is 0 Å². The Morgan fingerprint density at radius 1 is 1.00 bits per heavy atom. The molecule has 1 unspecified atom stereocenters. The zero-order valence-electron chi connectivity index (χ0n) is 19.6. The molecule has 3 amide bonds. The molecule has 0 radical (unpaired) electrons. The van der Waals surface area contributed by atoms with Crippen LogP contribution in [-0.4, -0.2) is 52.7 Å². The van der Waals surface area contributed by atoms with Crippen molar-refractivity contribution >= 4 is 23.4 Å². The van der Waals surface area contributed by atoms with E-state index in [9.17, 15) is 14.4 Å². The molecule has 1 atom stereocenters. The van der Waals surface area contributed by atoms with E-state index < -0.39 is 6.04 Å². The number of nitrogens with zero attached hydrogens (tertiary/aromatic N) is 3. The average molecular weight is 448 g/mol. The second-order valence-corrected chi connectivity index (χ2v) is 9.17. The molecule has 0 aliphatic carbocycles. The molecule has 6 heteroatoms. The summed E-state index contributed by atoms with van der Waals surface area (Å²) in [6, 6.07) is 17.0. The summed E-state index contributed by atoms with van der Waals surface area (Å²) in [6.45, 7) is 6.56. The molecule has 2 heterocycles. The van der Waals surface area contributed by atoms with Gasteiger partial charge in [-0.3, -0.25) is 19.3 Å². The van der Waals surface area contributed by atoms with E-state index in [1.54, 1.807) is 17.0 Å². The third kappa shape index (κ3) is 5.17. The molecule has 2 aliphatic rings. The van der Waals surface area contributed by atoms with E-state index in [2.05, 4.69) is 29.2 Å². The van der Waals surface area contributed by atoms with Gasteiger partial charge in [0.25, 0.3) is 5.91 Å². The van der Waals surface area contributed by atoms with E-state index >= 15 is 0 Å². The van der Waals surface area contributed by atoms with Gasteiger partial charge < -0.3 is 4.90 Å². The van der Waals surface area contributed by atoms with Crippen molar-refractivity contribution in [2.75, 3.05) is 18.0 Å². The zero-order chi connectivity index (χ0) is 23.4. The molecule has 0 bridgehead atoms. The number of piperidine rings is 1. The number of benzene rings is 2.